The Bertz CT molecular complexity index is 1700. The second kappa shape index (κ2) is 8.03. The van der Waals surface area contributed by atoms with Crippen LogP contribution in [0.5, 0.6) is 0 Å². The molecule has 4 aromatic heterocycles. The van der Waals surface area contributed by atoms with E-state index in [2.05, 4.69) is 51.6 Å². The lowest BCUT2D eigenvalue weighted by Gasteiger charge is -2.38. The Morgan fingerprint density at radius 2 is 1.42 bits per heavy atom. The lowest BCUT2D eigenvalue weighted by molar-refractivity contribution is 0.253. The van der Waals surface area contributed by atoms with Crippen LogP contribution in [-0.4, -0.2) is 29.5 Å². The van der Waals surface area contributed by atoms with E-state index in [1.165, 1.54) is 12.0 Å². The highest BCUT2D eigenvalue weighted by Gasteiger charge is 2.34. The lowest BCUT2D eigenvalue weighted by Crippen LogP contribution is -2.43. The molecule has 36 heavy (non-hydrogen) atoms. The largest absolute Gasteiger partial charge is 0.321 e. The maximum absolute atomic E-state index is 6.58. The monoisotopic (exact) mass is 469 g/mol. The van der Waals surface area contributed by atoms with Crippen molar-refractivity contribution in [2.45, 2.75) is 24.8 Å². The van der Waals surface area contributed by atoms with Crippen LogP contribution in [0, 0.1) is 0 Å². The zero-order valence-electron chi connectivity index (χ0n) is 19.5. The van der Waals surface area contributed by atoms with Crippen LogP contribution in [-0.2, 0) is 5.54 Å². The van der Waals surface area contributed by atoms with Crippen LogP contribution >= 0.6 is 0 Å². The van der Waals surface area contributed by atoms with Gasteiger partial charge in [0, 0.05) is 34.6 Å². The van der Waals surface area contributed by atoms with Crippen molar-refractivity contribution in [1.29, 1.82) is 0 Å². The van der Waals surface area contributed by atoms with Crippen molar-refractivity contribution >= 4 is 16.8 Å². The molecule has 0 aliphatic heterocycles. The molecule has 0 unspecified atom stereocenters. The van der Waals surface area contributed by atoms with Crippen LogP contribution in [0.3, 0.4) is 0 Å². The minimum Gasteiger partial charge on any atom is -0.321 e. The molecule has 1 aliphatic carbocycles. The molecule has 0 atom stereocenters. The smallest absolute Gasteiger partial charge is 0.170 e. The van der Waals surface area contributed by atoms with Crippen LogP contribution in [0.15, 0.2) is 91.3 Å². The molecule has 0 radical (unpaired) electrons. The number of nitrogens with zero attached hydrogens (tertiary/aromatic N) is 6. The van der Waals surface area contributed by atoms with Gasteiger partial charge in [0.25, 0.3) is 0 Å². The van der Waals surface area contributed by atoms with Crippen LogP contribution < -0.4 is 5.73 Å². The van der Waals surface area contributed by atoms with Gasteiger partial charge in [-0.3, -0.25) is 9.38 Å². The van der Waals surface area contributed by atoms with Gasteiger partial charge in [-0.2, -0.15) is 0 Å². The van der Waals surface area contributed by atoms with Crippen molar-refractivity contribution < 1.29 is 0 Å². The molecular formula is C29H23N7. The zero-order valence-corrected chi connectivity index (χ0v) is 19.5. The van der Waals surface area contributed by atoms with E-state index >= 15 is 0 Å². The molecule has 1 fully saturated rings. The Morgan fingerprint density at radius 3 is 2.14 bits per heavy atom. The molecule has 2 N–H and O–H groups in total. The molecule has 0 bridgehead atoms. The van der Waals surface area contributed by atoms with Crippen molar-refractivity contribution in [3.8, 4) is 33.9 Å². The van der Waals surface area contributed by atoms with E-state index in [9.17, 15) is 0 Å². The standard InChI is InChI=1S/C29H23N7/c30-29(15-4-16-29)22-9-7-20(8-10-22)26-25(19-5-2-1-3-6-19)32-23-11-12-24-34-35-27(36(24)28(23)33-26)21-13-17-31-18-14-21/h1-3,5-14,17-18H,4,15-16,30H2. The molecule has 0 saturated heterocycles. The Morgan fingerprint density at radius 1 is 0.694 bits per heavy atom. The van der Waals surface area contributed by atoms with E-state index in [1.807, 2.05) is 46.9 Å². The fourth-order valence-electron chi connectivity index (χ4n) is 4.98. The SMILES string of the molecule is NC1(c2ccc(-c3nc4c(ccc5nnc(-c6ccncc6)n54)nc3-c3ccccc3)cc2)CCC1. The molecule has 0 spiro atoms. The fourth-order valence-corrected chi connectivity index (χ4v) is 4.98. The molecule has 7 rings (SSSR count). The Hall–Kier alpha value is -4.49. The predicted octanol–water partition coefficient (Wildman–Crippen LogP) is 5.41. The first-order valence-corrected chi connectivity index (χ1v) is 12.1. The third-order valence-electron chi connectivity index (χ3n) is 7.16. The highest BCUT2D eigenvalue weighted by Crippen LogP contribution is 2.40. The number of rotatable bonds is 4. The lowest BCUT2D eigenvalue weighted by atomic mass is 9.72. The molecule has 1 saturated carbocycles. The number of pyridine rings is 2. The highest BCUT2D eigenvalue weighted by molar-refractivity contribution is 5.87. The summed E-state index contributed by atoms with van der Waals surface area (Å²) in [6, 6.07) is 26.4. The number of aromatic nitrogens is 6. The van der Waals surface area contributed by atoms with Gasteiger partial charge in [0.2, 0.25) is 0 Å². The molecule has 1 aliphatic rings. The van der Waals surface area contributed by atoms with E-state index in [1.54, 1.807) is 12.4 Å². The Kier molecular flexibility index (Phi) is 4.65. The quantitative estimate of drug-likeness (QED) is 0.371. The summed E-state index contributed by atoms with van der Waals surface area (Å²) in [6.07, 6.45) is 6.74. The zero-order chi connectivity index (χ0) is 24.1. The molecule has 6 aromatic rings. The number of hydrogen-bond acceptors (Lipinski definition) is 6. The molecule has 7 heteroatoms. The van der Waals surface area contributed by atoms with Gasteiger partial charge >= 0.3 is 0 Å². The van der Waals surface area contributed by atoms with Crippen molar-refractivity contribution in [2.24, 2.45) is 5.73 Å². The fraction of sp³-hybridized carbons (Fsp3) is 0.138. The molecule has 4 heterocycles. The molecule has 2 aromatic carbocycles. The second-order valence-corrected chi connectivity index (χ2v) is 9.37. The number of hydrogen-bond donors (Lipinski definition) is 1. The van der Waals surface area contributed by atoms with Gasteiger partial charge in [-0.15, -0.1) is 10.2 Å². The maximum Gasteiger partial charge on any atom is 0.170 e. The summed E-state index contributed by atoms with van der Waals surface area (Å²) in [6.45, 7) is 0. The van der Waals surface area contributed by atoms with E-state index in [-0.39, 0.29) is 5.54 Å². The van der Waals surface area contributed by atoms with Gasteiger partial charge in [0.05, 0.1) is 11.4 Å². The topological polar surface area (TPSA) is 94.9 Å². The number of benzene rings is 2. The Balaban J connectivity index is 1.48. The maximum atomic E-state index is 6.58. The molecule has 174 valence electrons. The van der Waals surface area contributed by atoms with Crippen LogP contribution in [0.1, 0.15) is 24.8 Å². The average molecular weight is 470 g/mol. The van der Waals surface area contributed by atoms with Crippen molar-refractivity contribution in [3.05, 3.63) is 96.8 Å². The summed E-state index contributed by atoms with van der Waals surface area (Å²) in [5.74, 6) is 0.705. The van der Waals surface area contributed by atoms with E-state index < -0.39 is 0 Å². The third kappa shape index (κ3) is 3.28. The first kappa shape index (κ1) is 20.8. The van der Waals surface area contributed by atoms with Crippen LogP contribution in [0.4, 0.5) is 0 Å². The van der Waals surface area contributed by atoms with Gasteiger partial charge in [-0.1, -0.05) is 54.6 Å². The summed E-state index contributed by atoms with van der Waals surface area (Å²) < 4.78 is 1.97. The summed E-state index contributed by atoms with van der Waals surface area (Å²) in [5, 5.41) is 8.85. The average Bonchev–Trinajstić information content (AvgIpc) is 3.37. The first-order chi connectivity index (χ1) is 17.7. The highest BCUT2D eigenvalue weighted by atomic mass is 15.3. The Labute approximate surface area is 207 Å². The van der Waals surface area contributed by atoms with Crippen LogP contribution in [0.2, 0.25) is 0 Å². The van der Waals surface area contributed by atoms with E-state index in [4.69, 9.17) is 15.7 Å². The van der Waals surface area contributed by atoms with Gasteiger partial charge < -0.3 is 5.73 Å². The van der Waals surface area contributed by atoms with Crippen LogP contribution in [0.25, 0.3) is 50.7 Å². The molecule has 7 nitrogen and oxygen atoms in total. The van der Waals surface area contributed by atoms with E-state index in [0.717, 1.165) is 46.4 Å². The van der Waals surface area contributed by atoms with E-state index in [0.29, 0.717) is 17.1 Å². The predicted molar refractivity (Wildman–Crippen MR) is 140 cm³/mol. The summed E-state index contributed by atoms with van der Waals surface area (Å²) in [5.41, 5.74) is 14.3. The van der Waals surface area contributed by atoms with Gasteiger partial charge in [-0.25, -0.2) is 9.97 Å². The first-order valence-electron chi connectivity index (χ1n) is 12.1. The minimum atomic E-state index is -0.204. The number of fused-ring (bicyclic) bond motifs is 3. The third-order valence-corrected chi connectivity index (χ3v) is 7.16. The van der Waals surface area contributed by atoms with Crippen molar-refractivity contribution in [3.63, 3.8) is 0 Å². The summed E-state index contributed by atoms with van der Waals surface area (Å²) in [7, 11) is 0. The van der Waals surface area contributed by atoms with Crippen molar-refractivity contribution in [2.75, 3.05) is 0 Å². The van der Waals surface area contributed by atoms with Crippen molar-refractivity contribution in [1.82, 2.24) is 29.5 Å². The van der Waals surface area contributed by atoms with Gasteiger partial charge in [0.15, 0.2) is 17.1 Å². The summed E-state index contributed by atoms with van der Waals surface area (Å²) in [4.78, 5) is 14.5. The molecular weight excluding hydrogens is 446 g/mol. The second-order valence-electron chi connectivity index (χ2n) is 9.37. The number of nitrogens with two attached hydrogens (primary N) is 1. The normalized spacial score (nSPS) is 14.7. The minimum absolute atomic E-state index is 0.204. The summed E-state index contributed by atoms with van der Waals surface area (Å²) >= 11 is 0. The molecule has 0 amide bonds. The van der Waals surface area contributed by atoms with Gasteiger partial charge in [0.1, 0.15) is 5.52 Å². The van der Waals surface area contributed by atoms with Gasteiger partial charge in [-0.05, 0) is 49.1 Å².